The van der Waals surface area contributed by atoms with E-state index in [1.165, 1.54) is 6.07 Å². The normalized spacial score (nSPS) is 25.1. The summed E-state index contributed by atoms with van der Waals surface area (Å²) in [4.78, 5) is 1.82. The van der Waals surface area contributed by atoms with E-state index >= 15 is 0 Å². The summed E-state index contributed by atoms with van der Waals surface area (Å²) in [6.45, 7) is 2.50. The Morgan fingerprint density at radius 2 is 2.12 bits per heavy atom. The van der Waals surface area contributed by atoms with Gasteiger partial charge in [0, 0.05) is 12.6 Å². The zero-order valence-corrected chi connectivity index (χ0v) is 9.43. The molecule has 16 heavy (non-hydrogen) atoms. The van der Waals surface area contributed by atoms with Crippen molar-refractivity contribution in [1.82, 2.24) is 4.90 Å². The quantitative estimate of drug-likeness (QED) is 0.750. The molecular formula is C11H17F3N2. The van der Waals surface area contributed by atoms with Crippen LogP contribution in [0.5, 0.6) is 0 Å². The maximum Gasteiger partial charge on any atom is 0.405 e. The molecule has 0 saturated carbocycles. The standard InChI is InChI=1S/C11H17F3N2/c1-2-10-5-3-4-6-16(10)8-9(7-15)11(12,13)14/h9-10H,2-6,8H2,1H3. The molecular weight excluding hydrogens is 217 g/mol. The van der Waals surface area contributed by atoms with Gasteiger partial charge in [-0.25, -0.2) is 0 Å². The Kier molecular flexibility index (Phi) is 4.60. The van der Waals surface area contributed by atoms with Crippen LogP contribution in [0.25, 0.3) is 0 Å². The molecule has 0 aromatic rings. The van der Waals surface area contributed by atoms with E-state index in [0.717, 1.165) is 25.7 Å². The smallest absolute Gasteiger partial charge is 0.299 e. The van der Waals surface area contributed by atoms with Crippen LogP contribution in [-0.4, -0.2) is 30.2 Å². The molecule has 1 rings (SSSR count). The van der Waals surface area contributed by atoms with Crippen LogP contribution in [0.2, 0.25) is 0 Å². The summed E-state index contributed by atoms with van der Waals surface area (Å²) in [5.74, 6) is -1.85. The molecule has 2 nitrogen and oxygen atoms in total. The maximum atomic E-state index is 12.5. The molecule has 2 unspecified atom stereocenters. The number of nitriles is 1. The summed E-state index contributed by atoms with van der Waals surface area (Å²) in [6, 6.07) is 1.58. The molecule has 2 atom stereocenters. The minimum Gasteiger partial charge on any atom is -0.299 e. The first-order valence-corrected chi connectivity index (χ1v) is 5.69. The second-order valence-electron chi connectivity index (χ2n) is 4.28. The molecule has 0 radical (unpaired) electrons. The van der Waals surface area contributed by atoms with E-state index in [0.29, 0.717) is 6.54 Å². The maximum absolute atomic E-state index is 12.5. The van der Waals surface area contributed by atoms with Crippen LogP contribution in [0.15, 0.2) is 0 Å². The Morgan fingerprint density at radius 3 is 2.62 bits per heavy atom. The molecule has 0 aromatic carbocycles. The molecule has 1 saturated heterocycles. The minimum absolute atomic E-state index is 0.168. The van der Waals surface area contributed by atoms with Gasteiger partial charge in [0.1, 0.15) is 0 Å². The number of hydrogen-bond acceptors (Lipinski definition) is 2. The lowest BCUT2D eigenvalue weighted by atomic mass is 9.98. The molecule has 0 N–H and O–H groups in total. The molecule has 92 valence electrons. The Hall–Kier alpha value is -0.760. The van der Waals surface area contributed by atoms with Gasteiger partial charge in [-0.2, -0.15) is 18.4 Å². The fourth-order valence-corrected chi connectivity index (χ4v) is 2.21. The summed E-state index contributed by atoms with van der Waals surface area (Å²) in [7, 11) is 0. The third-order valence-electron chi connectivity index (χ3n) is 3.19. The fraction of sp³-hybridized carbons (Fsp3) is 0.909. The van der Waals surface area contributed by atoms with E-state index in [4.69, 9.17) is 5.26 Å². The lowest BCUT2D eigenvalue weighted by Gasteiger charge is -2.36. The summed E-state index contributed by atoms with van der Waals surface area (Å²) in [5.41, 5.74) is 0. The van der Waals surface area contributed by atoms with E-state index in [-0.39, 0.29) is 12.6 Å². The van der Waals surface area contributed by atoms with Crippen molar-refractivity contribution in [2.75, 3.05) is 13.1 Å². The summed E-state index contributed by atoms with van der Waals surface area (Å²) in [5, 5.41) is 8.55. The number of alkyl halides is 3. The van der Waals surface area contributed by atoms with E-state index in [9.17, 15) is 13.2 Å². The highest BCUT2D eigenvalue weighted by Crippen LogP contribution is 2.29. The van der Waals surface area contributed by atoms with Crippen LogP contribution in [0.4, 0.5) is 13.2 Å². The Morgan fingerprint density at radius 1 is 1.44 bits per heavy atom. The highest BCUT2D eigenvalue weighted by atomic mass is 19.4. The highest BCUT2D eigenvalue weighted by Gasteiger charge is 2.41. The van der Waals surface area contributed by atoms with Crippen molar-refractivity contribution >= 4 is 0 Å². The molecule has 1 aliphatic heterocycles. The highest BCUT2D eigenvalue weighted by molar-refractivity contribution is 4.92. The topological polar surface area (TPSA) is 27.0 Å². The number of likely N-dealkylation sites (tertiary alicyclic amines) is 1. The van der Waals surface area contributed by atoms with Gasteiger partial charge in [0.05, 0.1) is 6.07 Å². The first-order valence-electron chi connectivity index (χ1n) is 5.69. The third kappa shape index (κ3) is 3.38. The first kappa shape index (κ1) is 13.3. The fourth-order valence-electron chi connectivity index (χ4n) is 2.21. The summed E-state index contributed by atoms with van der Waals surface area (Å²) in [6.07, 6.45) is -0.572. The van der Waals surface area contributed by atoms with Gasteiger partial charge in [-0.1, -0.05) is 13.3 Å². The van der Waals surface area contributed by atoms with E-state index < -0.39 is 12.1 Å². The Bertz CT molecular complexity index is 257. The van der Waals surface area contributed by atoms with Gasteiger partial charge in [-0.3, -0.25) is 4.90 Å². The predicted molar refractivity (Wildman–Crippen MR) is 54.7 cm³/mol. The van der Waals surface area contributed by atoms with Crippen molar-refractivity contribution in [1.29, 1.82) is 5.26 Å². The molecule has 0 bridgehead atoms. The van der Waals surface area contributed by atoms with E-state index in [2.05, 4.69) is 0 Å². The number of nitrogens with zero attached hydrogens (tertiary/aromatic N) is 2. The van der Waals surface area contributed by atoms with Gasteiger partial charge >= 0.3 is 6.18 Å². The molecule has 0 aliphatic carbocycles. The minimum atomic E-state index is -4.40. The molecule has 5 heteroatoms. The van der Waals surface area contributed by atoms with Gasteiger partial charge in [0.2, 0.25) is 0 Å². The second kappa shape index (κ2) is 5.53. The Balaban J connectivity index is 2.60. The molecule has 0 amide bonds. The van der Waals surface area contributed by atoms with E-state index in [1.807, 2.05) is 11.8 Å². The van der Waals surface area contributed by atoms with Crippen molar-refractivity contribution in [3.63, 3.8) is 0 Å². The number of hydrogen-bond donors (Lipinski definition) is 0. The van der Waals surface area contributed by atoms with Crippen LogP contribution in [0.1, 0.15) is 32.6 Å². The molecule has 1 fully saturated rings. The third-order valence-corrected chi connectivity index (χ3v) is 3.19. The van der Waals surface area contributed by atoms with Crippen molar-refractivity contribution in [2.24, 2.45) is 5.92 Å². The van der Waals surface area contributed by atoms with Gasteiger partial charge in [-0.05, 0) is 25.8 Å². The van der Waals surface area contributed by atoms with Crippen molar-refractivity contribution in [3.05, 3.63) is 0 Å². The van der Waals surface area contributed by atoms with Gasteiger partial charge in [0.25, 0.3) is 0 Å². The lowest BCUT2D eigenvalue weighted by Crippen LogP contribution is -2.44. The number of halogens is 3. The summed E-state index contributed by atoms with van der Waals surface area (Å²) < 4.78 is 37.4. The average Bonchev–Trinajstić information content (AvgIpc) is 2.24. The number of piperidine rings is 1. The first-order chi connectivity index (χ1) is 7.49. The monoisotopic (exact) mass is 234 g/mol. The van der Waals surface area contributed by atoms with Crippen LogP contribution < -0.4 is 0 Å². The number of rotatable bonds is 3. The lowest BCUT2D eigenvalue weighted by molar-refractivity contribution is -0.165. The van der Waals surface area contributed by atoms with Gasteiger partial charge < -0.3 is 0 Å². The molecule has 0 spiro atoms. The second-order valence-corrected chi connectivity index (χ2v) is 4.28. The van der Waals surface area contributed by atoms with Gasteiger partial charge in [0.15, 0.2) is 5.92 Å². The van der Waals surface area contributed by atoms with Crippen LogP contribution >= 0.6 is 0 Å². The van der Waals surface area contributed by atoms with E-state index in [1.54, 1.807) is 0 Å². The largest absolute Gasteiger partial charge is 0.405 e. The predicted octanol–water partition coefficient (Wildman–Crippen LogP) is 2.95. The van der Waals surface area contributed by atoms with Gasteiger partial charge in [-0.15, -0.1) is 0 Å². The Labute approximate surface area is 94.0 Å². The van der Waals surface area contributed by atoms with Crippen molar-refractivity contribution in [3.8, 4) is 6.07 Å². The molecule has 1 aliphatic rings. The van der Waals surface area contributed by atoms with Crippen LogP contribution in [-0.2, 0) is 0 Å². The van der Waals surface area contributed by atoms with Crippen LogP contribution in [0.3, 0.4) is 0 Å². The van der Waals surface area contributed by atoms with Crippen molar-refractivity contribution < 1.29 is 13.2 Å². The average molecular weight is 234 g/mol. The zero-order valence-electron chi connectivity index (χ0n) is 9.43. The zero-order chi connectivity index (χ0) is 12.2. The molecule has 0 aromatic heterocycles. The van der Waals surface area contributed by atoms with Crippen molar-refractivity contribution in [2.45, 2.75) is 44.8 Å². The summed E-state index contributed by atoms with van der Waals surface area (Å²) >= 11 is 0. The molecule has 1 heterocycles. The SMILES string of the molecule is CCC1CCCCN1CC(C#N)C(F)(F)F. The van der Waals surface area contributed by atoms with Crippen LogP contribution in [0, 0.1) is 17.2 Å².